The number of rotatable bonds is 5. The van der Waals surface area contributed by atoms with E-state index in [-0.39, 0.29) is 11.8 Å². The van der Waals surface area contributed by atoms with Crippen LogP contribution < -0.4 is 0 Å². The van der Waals surface area contributed by atoms with Gasteiger partial charge in [0.05, 0.1) is 16.2 Å². The minimum absolute atomic E-state index is 0.274. The molecule has 0 saturated heterocycles. The molecule has 2 aromatic carbocycles. The fourth-order valence-corrected chi connectivity index (χ4v) is 6.77. The molecular formula is C22H28O3S. The van der Waals surface area contributed by atoms with E-state index >= 15 is 0 Å². The third-order valence-electron chi connectivity index (χ3n) is 5.69. The van der Waals surface area contributed by atoms with E-state index in [0.717, 1.165) is 24.0 Å². The van der Waals surface area contributed by atoms with Crippen LogP contribution in [-0.4, -0.2) is 24.9 Å². The van der Waals surface area contributed by atoms with Crippen LogP contribution in [0, 0.1) is 5.92 Å². The Labute approximate surface area is 157 Å². The van der Waals surface area contributed by atoms with Crippen LogP contribution in [0.5, 0.6) is 0 Å². The lowest BCUT2D eigenvalue weighted by molar-refractivity contribution is 0.0861. The topological polar surface area (TPSA) is 54.4 Å². The second-order valence-corrected chi connectivity index (χ2v) is 9.35. The van der Waals surface area contributed by atoms with Crippen LogP contribution in [0.3, 0.4) is 0 Å². The van der Waals surface area contributed by atoms with Crippen molar-refractivity contribution in [1.82, 2.24) is 0 Å². The number of hydrogen-bond acceptors (Lipinski definition) is 3. The van der Waals surface area contributed by atoms with Gasteiger partial charge in [-0.05, 0) is 30.0 Å². The Kier molecular flexibility index (Phi) is 5.83. The Bertz CT molecular complexity index is 829. The summed E-state index contributed by atoms with van der Waals surface area (Å²) in [6, 6.07) is 17.0. The summed E-state index contributed by atoms with van der Waals surface area (Å²) in [5, 5.41) is 10.8. The number of unbranched alkanes of at least 4 members (excludes halogenated alkanes) is 1. The molecule has 1 N–H and O–H groups in total. The van der Waals surface area contributed by atoms with Gasteiger partial charge in [0.15, 0.2) is 9.84 Å². The third kappa shape index (κ3) is 3.33. The number of hydrogen-bond donors (Lipinski definition) is 1. The van der Waals surface area contributed by atoms with Crippen molar-refractivity contribution >= 4 is 9.84 Å². The second kappa shape index (κ2) is 7.93. The Morgan fingerprint density at radius 3 is 2.27 bits per heavy atom. The van der Waals surface area contributed by atoms with Crippen LogP contribution in [0.2, 0.25) is 0 Å². The molecule has 4 atom stereocenters. The highest BCUT2D eigenvalue weighted by molar-refractivity contribution is 7.92. The van der Waals surface area contributed by atoms with Crippen LogP contribution in [0.4, 0.5) is 0 Å². The highest BCUT2D eigenvalue weighted by atomic mass is 32.2. The molecule has 2 aromatic rings. The van der Waals surface area contributed by atoms with Gasteiger partial charge in [0.1, 0.15) is 0 Å². The molecule has 1 aliphatic heterocycles. The van der Waals surface area contributed by atoms with Gasteiger partial charge in [-0.25, -0.2) is 8.42 Å². The highest BCUT2D eigenvalue weighted by Crippen LogP contribution is 2.44. The summed E-state index contributed by atoms with van der Waals surface area (Å²) in [4.78, 5) is 0.393. The minimum atomic E-state index is -3.49. The van der Waals surface area contributed by atoms with Crippen molar-refractivity contribution in [2.75, 3.05) is 0 Å². The molecule has 140 valence electrons. The molecule has 0 amide bonds. The van der Waals surface area contributed by atoms with E-state index in [1.54, 1.807) is 12.1 Å². The van der Waals surface area contributed by atoms with Crippen molar-refractivity contribution in [2.24, 2.45) is 5.92 Å². The zero-order chi connectivity index (χ0) is 18.7. The molecule has 0 radical (unpaired) electrons. The van der Waals surface area contributed by atoms with Gasteiger partial charge in [0.2, 0.25) is 0 Å². The normalized spacial score (nSPS) is 27.5. The number of aliphatic hydroxyl groups excluding tert-OH is 1. The summed E-state index contributed by atoms with van der Waals surface area (Å²) in [5.41, 5.74) is 1.70. The van der Waals surface area contributed by atoms with Crippen molar-refractivity contribution in [3.63, 3.8) is 0 Å². The van der Waals surface area contributed by atoms with E-state index in [1.165, 1.54) is 0 Å². The first-order valence-corrected chi connectivity index (χ1v) is 11.1. The summed E-state index contributed by atoms with van der Waals surface area (Å²) >= 11 is 0. The van der Waals surface area contributed by atoms with Crippen LogP contribution in [0.15, 0.2) is 59.5 Å². The molecule has 1 heterocycles. The van der Waals surface area contributed by atoms with Gasteiger partial charge in [-0.1, -0.05) is 75.2 Å². The molecule has 1 aliphatic rings. The van der Waals surface area contributed by atoms with Crippen molar-refractivity contribution in [3.8, 4) is 0 Å². The lowest BCUT2D eigenvalue weighted by Crippen LogP contribution is -2.37. The molecule has 26 heavy (non-hydrogen) atoms. The van der Waals surface area contributed by atoms with Gasteiger partial charge in [0.25, 0.3) is 0 Å². The molecule has 3 nitrogen and oxygen atoms in total. The lowest BCUT2D eigenvalue weighted by atomic mass is 9.78. The Morgan fingerprint density at radius 2 is 1.62 bits per heavy atom. The van der Waals surface area contributed by atoms with Gasteiger partial charge in [0, 0.05) is 11.8 Å². The lowest BCUT2D eigenvalue weighted by Gasteiger charge is -2.31. The van der Waals surface area contributed by atoms with Gasteiger partial charge < -0.3 is 5.11 Å². The molecule has 0 aromatic heterocycles. The molecule has 0 saturated carbocycles. The van der Waals surface area contributed by atoms with Crippen LogP contribution in [0.1, 0.15) is 56.6 Å². The molecular weight excluding hydrogens is 344 g/mol. The molecule has 0 bridgehead atoms. The molecule has 0 aliphatic carbocycles. The zero-order valence-corrected chi connectivity index (χ0v) is 16.3. The average molecular weight is 373 g/mol. The SMILES string of the molecule is CCCCC1C(CC)C(O)C(c2ccccc2)c2ccccc2S1(=O)=O. The van der Waals surface area contributed by atoms with Gasteiger partial charge in [-0.3, -0.25) is 0 Å². The zero-order valence-electron chi connectivity index (χ0n) is 15.5. The summed E-state index contributed by atoms with van der Waals surface area (Å²) in [6.45, 7) is 4.06. The van der Waals surface area contributed by atoms with Gasteiger partial charge in [-0.2, -0.15) is 0 Å². The Balaban J connectivity index is 2.23. The van der Waals surface area contributed by atoms with Gasteiger partial charge >= 0.3 is 0 Å². The molecule has 4 heteroatoms. The van der Waals surface area contributed by atoms with Crippen molar-refractivity contribution in [2.45, 2.75) is 61.7 Å². The monoisotopic (exact) mass is 372 g/mol. The molecule has 3 rings (SSSR count). The fourth-order valence-electron chi connectivity index (χ4n) is 4.36. The first-order valence-electron chi connectivity index (χ1n) is 9.58. The number of benzene rings is 2. The minimum Gasteiger partial charge on any atom is -0.392 e. The summed E-state index contributed by atoms with van der Waals surface area (Å²) < 4.78 is 27.0. The van der Waals surface area contributed by atoms with E-state index < -0.39 is 21.2 Å². The maximum atomic E-state index is 13.5. The Morgan fingerprint density at radius 1 is 0.962 bits per heavy atom. The van der Waals surface area contributed by atoms with E-state index in [2.05, 4.69) is 6.92 Å². The summed E-state index contributed by atoms with van der Waals surface area (Å²) in [6.07, 6.45) is 2.33. The largest absolute Gasteiger partial charge is 0.392 e. The first-order chi connectivity index (χ1) is 12.5. The maximum absolute atomic E-state index is 13.5. The molecule has 4 unspecified atom stereocenters. The van der Waals surface area contributed by atoms with E-state index in [0.29, 0.717) is 17.7 Å². The number of sulfone groups is 1. The smallest absolute Gasteiger partial charge is 0.181 e. The predicted molar refractivity (Wildman–Crippen MR) is 105 cm³/mol. The highest BCUT2D eigenvalue weighted by Gasteiger charge is 2.45. The van der Waals surface area contributed by atoms with E-state index in [1.807, 2.05) is 49.4 Å². The standard InChI is InChI=1S/C22H28O3S/c1-3-5-14-19-17(4-2)22(23)21(16-11-7-6-8-12-16)18-13-9-10-15-20(18)26(19,24)25/h6-13,15,17,19,21-23H,3-5,14H2,1-2H3. The summed E-state index contributed by atoms with van der Waals surface area (Å²) in [5.74, 6) is -0.595. The number of aliphatic hydroxyl groups is 1. The van der Waals surface area contributed by atoms with Crippen molar-refractivity contribution < 1.29 is 13.5 Å². The van der Waals surface area contributed by atoms with Crippen molar-refractivity contribution in [3.05, 3.63) is 65.7 Å². The van der Waals surface area contributed by atoms with Crippen LogP contribution in [0.25, 0.3) is 0 Å². The van der Waals surface area contributed by atoms with Crippen molar-refractivity contribution in [1.29, 1.82) is 0 Å². The quantitative estimate of drug-likeness (QED) is 0.837. The average Bonchev–Trinajstić information content (AvgIpc) is 2.72. The second-order valence-electron chi connectivity index (χ2n) is 7.21. The molecule has 0 spiro atoms. The van der Waals surface area contributed by atoms with Gasteiger partial charge in [-0.15, -0.1) is 0 Å². The third-order valence-corrected chi connectivity index (χ3v) is 8.06. The van der Waals surface area contributed by atoms with Crippen LogP contribution in [-0.2, 0) is 9.84 Å². The first kappa shape index (κ1) is 19.1. The summed E-state index contributed by atoms with van der Waals surface area (Å²) in [7, 11) is -3.49. The molecule has 0 fully saturated rings. The van der Waals surface area contributed by atoms with Crippen LogP contribution >= 0.6 is 0 Å². The predicted octanol–water partition coefficient (Wildman–Crippen LogP) is 4.55. The van der Waals surface area contributed by atoms with E-state index in [4.69, 9.17) is 0 Å². The van der Waals surface area contributed by atoms with E-state index in [9.17, 15) is 13.5 Å². The fraction of sp³-hybridized carbons (Fsp3) is 0.455. The maximum Gasteiger partial charge on any atom is 0.181 e. The number of fused-ring (bicyclic) bond motifs is 1. The Hall–Kier alpha value is -1.65.